The minimum absolute atomic E-state index is 0.0451. The SMILES string of the molecule is CCOc1ccccc1C(=O)Cn1nc(C)c(Cl)c1C. The van der Waals surface area contributed by atoms with Crippen LogP contribution in [0.25, 0.3) is 0 Å². The number of rotatable bonds is 5. The van der Waals surface area contributed by atoms with Gasteiger partial charge in [0, 0.05) is 0 Å². The smallest absolute Gasteiger partial charge is 0.187 e. The molecule has 2 rings (SSSR count). The number of halogens is 1. The van der Waals surface area contributed by atoms with E-state index in [4.69, 9.17) is 16.3 Å². The molecule has 0 radical (unpaired) electrons. The van der Waals surface area contributed by atoms with Crippen LogP contribution in [0.2, 0.25) is 5.02 Å². The maximum absolute atomic E-state index is 12.4. The molecule has 1 aromatic carbocycles. The van der Waals surface area contributed by atoms with Crippen LogP contribution in [0.1, 0.15) is 28.7 Å². The number of aryl methyl sites for hydroxylation is 1. The molecule has 106 valence electrons. The van der Waals surface area contributed by atoms with Crippen molar-refractivity contribution in [3.05, 3.63) is 46.2 Å². The number of ether oxygens (including phenoxy) is 1. The summed E-state index contributed by atoms with van der Waals surface area (Å²) in [5.74, 6) is 0.559. The Bertz CT molecular complexity index is 635. The van der Waals surface area contributed by atoms with Crippen molar-refractivity contribution >= 4 is 17.4 Å². The van der Waals surface area contributed by atoms with Crippen molar-refractivity contribution in [1.82, 2.24) is 9.78 Å². The second-order valence-corrected chi connectivity index (χ2v) is 4.87. The Morgan fingerprint density at radius 1 is 1.35 bits per heavy atom. The topological polar surface area (TPSA) is 44.1 Å². The Kier molecular flexibility index (Phi) is 4.45. The van der Waals surface area contributed by atoms with Gasteiger partial charge in [-0.1, -0.05) is 23.7 Å². The van der Waals surface area contributed by atoms with Crippen molar-refractivity contribution in [2.45, 2.75) is 27.3 Å². The van der Waals surface area contributed by atoms with Crippen LogP contribution in [-0.2, 0) is 6.54 Å². The third kappa shape index (κ3) is 2.85. The third-order valence-corrected chi connectivity index (χ3v) is 3.62. The van der Waals surface area contributed by atoms with E-state index < -0.39 is 0 Å². The number of ketones is 1. The molecule has 0 bridgehead atoms. The Balaban J connectivity index is 2.26. The van der Waals surface area contributed by atoms with Gasteiger partial charge in [-0.05, 0) is 32.9 Å². The average molecular weight is 293 g/mol. The van der Waals surface area contributed by atoms with Gasteiger partial charge >= 0.3 is 0 Å². The predicted octanol–water partition coefficient (Wildman–Crippen LogP) is 3.43. The van der Waals surface area contributed by atoms with E-state index in [-0.39, 0.29) is 12.3 Å². The van der Waals surface area contributed by atoms with Gasteiger partial charge in [0.2, 0.25) is 0 Å². The van der Waals surface area contributed by atoms with E-state index in [2.05, 4.69) is 5.10 Å². The van der Waals surface area contributed by atoms with Gasteiger partial charge in [0.15, 0.2) is 5.78 Å². The normalized spacial score (nSPS) is 10.6. The monoisotopic (exact) mass is 292 g/mol. The molecule has 1 aromatic heterocycles. The summed E-state index contributed by atoms with van der Waals surface area (Å²) < 4.78 is 7.11. The number of benzene rings is 1. The van der Waals surface area contributed by atoms with E-state index in [0.717, 1.165) is 11.4 Å². The number of nitrogens with zero attached hydrogens (tertiary/aromatic N) is 2. The highest BCUT2D eigenvalue weighted by atomic mass is 35.5. The molecule has 0 aliphatic rings. The highest BCUT2D eigenvalue weighted by Crippen LogP contribution is 2.22. The number of carbonyl (C=O) groups excluding carboxylic acids is 1. The summed E-state index contributed by atoms with van der Waals surface area (Å²) in [6.07, 6.45) is 0. The fourth-order valence-electron chi connectivity index (χ4n) is 2.03. The van der Waals surface area contributed by atoms with Crippen molar-refractivity contribution in [2.75, 3.05) is 6.61 Å². The Morgan fingerprint density at radius 2 is 2.05 bits per heavy atom. The number of para-hydroxylation sites is 1. The van der Waals surface area contributed by atoms with Crippen LogP contribution in [-0.4, -0.2) is 22.2 Å². The Morgan fingerprint density at radius 3 is 2.65 bits per heavy atom. The van der Waals surface area contributed by atoms with E-state index >= 15 is 0 Å². The minimum Gasteiger partial charge on any atom is -0.493 e. The van der Waals surface area contributed by atoms with Gasteiger partial charge in [-0.25, -0.2) is 0 Å². The van der Waals surface area contributed by atoms with Gasteiger partial charge in [0.05, 0.1) is 28.6 Å². The summed E-state index contributed by atoms with van der Waals surface area (Å²) >= 11 is 6.09. The lowest BCUT2D eigenvalue weighted by Gasteiger charge is -2.09. The van der Waals surface area contributed by atoms with Gasteiger partial charge in [0.1, 0.15) is 12.3 Å². The first-order valence-corrected chi connectivity index (χ1v) is 6.87. The fourth-order valence-corrected chi connectivity index (χ4v) is 2.16. The fraction of sp³-hybridized carbons (Fsp3) is 0.333. The minimum atomic E-state index is -0.0451. The molecule has 0 aliphatic carbocycles. The van der Waals surface area contributed by atoms with E-state index in [1.807, 2.05) is 32.9 Å². The first-order chi connectivity index (χ1) is 9.54. The maximum atomic E-state index is 12.4. The van der Waals surface area contributed by atoms with Crippen LogP contribution in [0, 0.1) is 13.8 Å². The van der Waals surface area contributed by atoms with Crippen molar-refractivity contribution < 1.29 is 9.53 Å². The number of hydrogen-bond donors (Lipinski definition) is 0. The van der Waals surface area contributed by atoms with E-state index in [0.29, 0.717) is 22.9 Å². The largest absolute Gasteiger partial charge is 0.493 e. The van der Waals surface area contributed by atoms with Gasteiger partial charge in [-0.15, -0.1) is 0 Å². The lowest BCUT2D eigenvalue weighted by molar-refractivity contribution is 0.0963. The molecule has 0 atom stereocenters. The predicted molar refractivity (Wildman–Crippen MR) is 78.7 cm³/mol. The third-order valence-electron chi connectivity index (χ3n) is 3.07. The standard InChI is InChI=1S/C15H17ClN2O2/c1-4-20-14-8-6-5-7-12(14)13(19)9-18-11(3)15(16)10(2)17-18/h5-8H,4,9H2,1-3H3. The molecule has 1 heterocycles. The molecular formula is C15H17ClN2O2. The molecular weight excluding hydrogens is 276 g/mol. The highest BCUT2D eigenvalue weighted by Gasteiger charge is 2.16. The lowest BCUT2D eigenvalue weighted by Crippen LogP contribution is -2.14. The molecule has 0 N–H and O–H groups in total. The van der Waals surface area contributed by atoms with Crippen LogP contribution in [0.15, 0.2) is 24.3 Å². The van der Waals surface area contributed by atoms with Crippen LogP contribution in [0.4, 0.5) is 0 Å². The quantitative estimate of drug-likeness (QED) is 0.793. The van der Waals surface area contributed by atoms with Crippen LogP contribution in [0.3, 0.4) is 0 Å². The lowest BCUT2D eigenvalue weighted by atomic mass is 10.1. The van der Waals surface area contributed by atoms with E-state index in [1.54, 1.807) is 16.8 Å². The molecule has 5 heteroatoms. The van der Waals surface area contributed by atoms with Crippen LogP contribution in [0.5, 0.6) is 5.75 Å². The van der Waals surface area contributed by atoms with E-state index in [1.165, 1.54) is 0 Å². The van der Waals surface area contributed by atoms with Crippen molar-refractivity contribution in [1.29, 1.82) is 0 Å². The van der Waals surface area contributed by atoms with Gasteiger partial charge in [-0.3, -0.25) is 9.48 Å². The Hall–Kier alpha value is -1.81. The number of hydrogen-bond acceptors (Lipinski definition) is 3. The molecule has 0 saturated heterocycles. The maximum Gasteiger partial charge on any atom is 0.187 e. The van der Waals surface area contributed by atoms with Crippen molar-refractivity contribution in [3.8, 4) is 5.75 Å². The average Bonchev–Trinajstić information content (AvgIpc) is 2.67. The first kappa shape index (κ1) is 14.6. The van der Waals surface area contributed by atoms with E-state index in [9.17, 15) is 4.79 Å². The summed E-state index contributed by atoms with van der Waals surface area (Å²) in [5.41, 5.74) is 2.10. The summed E-state index contributed by atoms with van der Waals surface area (Å²) in [6, 6.07) is 7.23. The first-order valence-electron chi connectivity index (χ1n) is 6.49. The Labute approximate surface area is 123 Å². The number of Topliss-reactive ketones (excluding diaryl/α,β-unsaturated/α-hetero) is 1. The summed E-state index contributed by atoms with van der Waals surface area (Å²) in [4.78, 5) is 12.4. The molecule has 0 unspecified atom stereocenters. The molecule has 0 spiro atoms. The number of carbonyl (C=O) groups is 1. The molecule has 0 saturated carbocycles. The van der Waals surface area contributed by atoms with Crippen molar-refractivity contribution in [2.24, 2.45) is 0 Å². The molecule has 0 amide bonds. The van der Waals surface area contributed by atoms with Crippen LogP contribution >= 0.6 is 11.6 Å². The zero-order chi connectivity index (χ0) is 14.7. The van der Waals surface area contributed by atoms with Gasteiger partial charge in [0.25, 0.3) is 0 Å². The highest BCUT2D eigenvalue weighted by molar-refractivity contribution is 6.31. The summed E-state index contributed by atoms with van der Waals surface area (Å²) in [6.45, 7) is 6.25. The molecule has 0 aliphatic heterocycles. The second-order valence-electron chi connectivity index (χ2n) is 4.49. The van der Waals surface area contributed by atoms with Crippen LogP contribution < -0.4 is 4.74 Å². The molecule has 0 fully saturated rings. The van der Waals surface area contributed by atoms with Gasteiger partial charge in [-0.2, -0.15) is 5.10 Å². The number of aromatic nitrogens is 2. The zero-order valence-electron chi connectivity index (χ0n) is 11.8. The van der Waals surface area contributed by atoms with Crippen molar-refractivity contribution in [3.63, 3.8) is 0 Å². The second kappa shape index (κ2) is 6.09. The molecule has 4 nitrogen and oxygen atoms in total. The molecule has 2 aromatic rings. The summed E-state index contributed by atoms with van der Waals surface area (Å²) in [5, 5.41) is 4.88. The summed E-state index contributed by atoms with van der Waals surface area (Å²) in [7, 11) is 0. The zero-order valence-corrected chi connectivity index (χ0v) is 12.6. The van der Waals surface area contributed by atoms with Gasteiger partial charge < -0.3 is 4.74 Å². The molecule has 20 heavy (non-hydrogen) atoms.